The Bertz CT molecular complexity index is 638. The van der Waals surface area contributed by atoms with E-state index in [1.54, 1.807) is 0 Å². The second kappa shape index (κ2) is 8.09. The van der Waals surface area contributed by atoms with Gasteiger partial charge in [0.25, 0.3) is 0 Å². The number of pyridine rings is 1. The largest absolute Gasteiger partial charge is 0.314 e. The van der Waals surface area contributed by atoms with E-state index >= 15 is 0 Å². The van der Waals surface area contributed by atoms with E-state index in [2.05, 4.69) is 40.3 Å². The van der Waals surface area contributed by atoms with Crippen molar-refractivity contribution < 1.29 is 0 Å². The first-order valence-electron chi connectivity index (χ1n) is 8.79. The van der Waals surface area contributed by atoms with Crippen LogP contribution in [0, 0.1) is 0 Å². The number of hydrogen-bond donors (Lipinski definition) is 1. The van der Waals surface area contributed by atoms with Gasteiger partial charge in [-0.05, 0) is 18.6 Å². The van der Waals surface area contributed by atoms with E-state index in [4.69, 9.17) is 11.6 Å². The predicted molar refractivity (Wildman–Crippen MR) is 98.1 cm³/mol. The van der Waals surface area contributed by atoms with E-state index in [1.165, 1.54) is 30.2 Å². The summed E-state index contributed by atoms with van der Waals surface area (Å²) >= 11 is 6.58. The van der Waals surface area contributed by atoms with Crippen molar-refractivity contribution in [3.63, 3.8) is 0 Å². The third-order valence-corrected chi connectivity index (χ3v) is 5.04. The number of benzene rings is 1. The zero-order valence-electron chi connectivity index (χ0n) is 13.9. The molecule has 0 unspecified atom stereocenters. The van der Waals surface area contributed by atoms with Crippen LogP contribution in [0.1, 0.15) is 44.2 Å². The maximum Gasteiger partial charge on any atom is 0.134 e. The van der Waals surface area contributed by atoms with Crippen LogP contribution in [-0.2, 0) is 0 Å². The molecule has 1 aromatic heterocycles. The lowest BCUT2D eigenvalue weighted by molar-refractivity contribution is 0.162. The minimum atomic E-state index is 0.383. The first-order valence-corrected chi connectivity index (χ1v) is 9.17. The molecular weight excluding hydrogens is 306 g/mol. The molecule has 1 aliphatic heterocycles. The van der Waals surface area contributed by atoms with Gasteiger partial charge >= 0.3 is 0 Å². The fourth-order valence-corrected chi connectivity index (χ4v) is 3.73. The third-order valence-electron chi connectivity index (χ3n) is 4.74. The summed E-state index contributed by atoms with van der Waals surface area (Å²) in [6, 6.07) is 10.9. The van der Waals surface area contributed by atoms with Crippen LogP contribution in [0.2, 0.25) is 5.15 Å². The summed E-state index contributed by atoms with van der Waals surface area (Å²) < 4.78 is 0. The molecule has 1 aromatic carbocycles. The Morgan fingerprint density at radius 3 is 2.78 bits per heavy atom. The van der Waals surface area contributed by atoms with Crippen LogP contribution in [-0.4, -0.2) is 36.1 Å². The summed E-state index contributed by atoms with van der Waals surface area (Å²) in [5.74, 6) is 0. The summed E-state index contributed by atoms with van der Waals surface area (Å²) in [5, 5.41) is 5.30. The Labute approximate surface area is 144 Å². The molecule has 0 aliphatic carbocycles. The van der Waals surface area contributed by atoms with Gasteiger partial charge in [-0.3, -0.25) is 4.90 Å². The average molecular weight is 332 g/mol. The molecular formula is C19H26ClN3. The van der Waals surface area contributed by atoms with Gasteiger partial charge in [0.2, 0.25) is 0 Å². The van der Waals surface area contributed by atoms with Gasteiger partial charge < -0.3 is 5.32 Å². The Hall–Kier alpha value is -1.16. The lowest BCUT2D eigenvalue weighted by Crippen LogP contribution is -2.45. The first kappa shape index (κ1) is 16.7. The second-order valence-electron chi connectivity index (χ2n) is 6.36. The minimum Gasteiger partial charge on any atom is -0.314 e. The Morgan fingerprint density at radius 2 is 2.00 bits per heavy atom. The van der Waals surface area contributed by atoms with Gasteiger partial charge in [0.15, 0.2) is 0 Å². The molecule has 0 bridgehead atoms. The number of para-hydroxylation sites is 1. The SMILES string of the molecule is CCCCC[C@H](c1cc2ccccc2nc1Cl)N1CCNCC1. The summed E-state index contributed by atoms with van der Waals surface area (Å²) in [4.78, 5) is 7.22. The number of aromatic nitrogens is 1. The normalized spacial score (nSPS) is 17.5. The maximum atomic E-state index is 6.58. The highest BCUT2D eigenvalue weighted by Crippen LogP contribution is 2.33. The summed E-state index contributed by atoms with van der Waals surface area (Å²) in [6.45, 7) is 6.54. The molecule has 3 nitrogen and oxygen atoms in total. The van der Waals surface area contributed by atoms with Crippen molar-refractivity contribution in [2.75, 3.05) is 26.2 Å². The van der Waals surface area contributed by atoms with E-state index in [-0.39, 0.29) is 0 Å². The molecule has 2 aromatic rings. The van der Waals surface area contributed by atoms with Crippen molar-refractivity contribution in [1.82, 2.24) is 15.2 Å². The third kappa shape index (κ3) is 4.03. The van der Waals surface area contributed by atoms with Crippen molar-refractivity contribution in [1.29, 1.82) is 0 Å². The number of hydrogen-bond acceptors (Lipinski definition) is 3. The zero-order valence-corrected chi connectivity index (χ0v) is 14.6. The van der Waals surface area contributed by atoms with Crippen LogP contribution in [0.5, 0.6) is 0 Å². The number of fused-ring (bicyclic) bond motifs is 1. The highest BCUT2D eigenvalue weighted by atomic mass is 35.5. The Balaban J connectivity index is 1.92. The lowest BCUT2D eigenvalue weighted by atomic mass is 9.98. The topological polar surface area (TPSA) is 28.2 Å². The van der Waals surface area contributed by atoms with Crippen LogP contribution in [0.4, 0.5) is 0 Å². The van der Waals surface area contributed by atoms with Gasteiger partial charge in [-0.1, -0.05) is 56.0 Å². The molecule has 0 spiro atoms. The molecule has 1 saturated heterocycles. The molecule has 2 heterocycles. The van der Waals surface area contributed by atoms with Gasteiger partial charge in [-0.25, -0.2) is 4.98 Å². The Kier molecular flexibility index (Phi) is 5.87. The lowest BCUT2D eigenvalue weighted by Gasteiger charge is -2.35. The quantitative estimate of drug-likeness (QED) is 0.627. The van der Waals surface area contributed by atoms with Crippen molar-refractivity contribution >= 4 is 22.5 Å². The van der Waals surface area contributed by atoms with E-state index in [1.807, 2.05) is 12.1 Å². The standard InChI is InChI=1S/C19H26ClN3/c1-2-3-4-9-18(23-12-10-21-11-13-23)16-14-15-7-5-6-8-17(15)22-19(16)20/h5-8,14,18,21H,2-4,9-13H2,1H3/t18-/m1/s1. The van der Waals surface area contributed by atoms with Crippen molar-refractivity contribution in [2.24, 2.45) is 0 Å². The molecule has 0 radical (unpaired) electrons. The molecule has 3 rings (SSSR count). The number of unbranched alkanes of at least 4 members (excludes halogenated alkanes) is 2. The van der Waals surface area contributed by atoms with Gasteiger partial charge in [0.1, 0.15) is 5.15 Å². The van der Waals surface area contributed by atoms with Gasteiger partial charge in [-0.15, -0.1) is 0 Å². The molecule has 124 valence electrons. The average Bonchev–Trinajstić information content (AvgIpc) is 2.59. The summed E-state index contributed by atoms with van der Waals surface area (Å²) in [5.41, 5.74) is 2.18. The highest BCUT2D eigenvalue weighted by Gasteiger charge is 2.24. The zero-order chi connectivity index (χ0) is 16.1. The minimum absolute atomic E-state index is 0.383. The number of rotatable bonds is 6. The number of halogens is 1. The molecule has 0 saturated carbocycles. The van der Waals surface area contributed by atoms with E-state index < -0.39 is 0 Å². The molecule has 1 atom stereocenters. The summed E-state index contributed by atoms with van der Waals surface area (Å²) in [7, 11) is 0. The van der Waals surface area contributed by atoms with Crippen LogP contribution < -0.4 is 5.32 Å². The fraction of sp³-hybridized carbons (Fsp3) is 0.526. The van der Waals surface area contributed by atoms with Crippen LogP contribution in [0.25, 0.3) is 10.9 Å². The first-order chi connectivity index (χ1) is 11.3. The second-order valence-corrected chi connectivity index (χ2v) is 6.72. The predicted octanol–water partition coefficient (Wildman–Crippen LogP) is 4.41. The van der Waals surface area contributed by atoms with Gasteiger partial charge in [0.05, 0.1) is 5.52 Å². The van der Waals surface area contributed by atoms with Crippen molar-refractivity contribution in [2.45, 2.75) is 38.6 Å². The smallest absolute Gasteiger partial charge is 0.134 e. The van der Waals surface area contributed by atoms with E-state index in [9.17, 15) is 0 Å². The molecule has 0 amide bonds. The van der Waals surface area contributed by atoms with E-state index in [0.29, 0.717) is 11.2 Å². The van der Waals surface area contributed by atoms with Gasteiger partial charge in [0, 0.05) is 43.2 Å². The van der Waals surface area contributed by atoms with E-state index in [0.717, 1.165) is 38.1 Å². The highest BCUT2D eigenvalue weighted by molar-refractivity contribution is 6.30. The fourth-order valence-electron chi connectivity index (χ4n) is 3.46. The molecule has 1 aliphatic rings. The number of nitrogens with one attached hydrogen (secondary N) is 1. The number of nitrogens with zero attached hydrogens (tertiary/aromatic N) is 2. The number of piperazine rings is 1. The van der Waals surface area contributed by atoms with Crippen LogP contribution >= 0.6 is 11.6 Å². The monoisotopic (exact) mass is 331 g/mol. The molecule has 1 fully saturated rings. The maximum absolute atomic E-state index is 6.58. The van der Waals surface area contributed by atoms with Crippen molar-refractivity contribution in [3.8, 4) is 0 Å². The molecule has 23 heavy (non-hydrogen) atoms. The molecule has 4 heteroatoms. The van der Waals surface area contributed by atoms with Crippen LogP contribution in [0.15, 0.2) is 30.3 Å². The summed E-state index contributed by atoms with van der Waals surface area (Å²) in [6.07, 6.45) is 4.93. The van der Waals surface area contributed by atoms with Crippen molar-refractivity contribution in [3.05, 3.63) is 41.0 Å². The molecule has 1 N–H and O–H groups in total. The van der Waals surface area contributed by atoms with Crippen LogP contribution in [0.3, 0.4) is 0 Å². The van der Waals surface area contributed by atoms with Gasteiger partial charge in [-0.2, -0.15) is 0 Å². The Morgan fingerprint density at radius 1 is 1.22 bits per heavy atom.